The van der Waals surface area contributed by atoms with Crippen LogP contribution in [-0.4, -0.2) is 85.5 Å². The van der Waals surface area contributed by atoms with Crippen molar-refractivity contribution in [2.75, 3.05) is 52.6 Å². The van der Waals surface area contributed by atoms with Gasteiger partial charge < -0.3 is 0 Å². The van der Waals surface area contributed by atoms with Gasteiger partial charge >= 0.3 is 440 Å². The van der Waals surface area contributed by atoms with Crippen LogP contribution in [0.4, 0.5) is 0 Å². The maximum atomic E-state index is 12.0. The third kappa shape index (κ3) is 15.0. The average Bonchev–Trinajstić information content (AvgIpc) is 3.36. The molecule has 0 fully saturated rings. The van der Waals surface area contributed by atoms with Crippen LogP contribution >= 0.6 is 41.6 Å². The Morgan fingerprint density at radius 3 is 0.800 bits per heavy atom. The summed E-state index contributed by atoms with van der Waals surface area (Å²) < 4.78 is 10.9. The van der Waals surface area contributed by atoms with Crippen LogP contribution in [0.3, 0.4) is 0 Å². The van der Waals surface area contributed by atoms with Gasteiger partial charge in [0, 0.05) is 0 Å². The Kier molecular flexibility index (Phi) is 20.8. The zero-order valence-electron chi connectivity index (χ0n) is 43.0. The summed E-state index contributed by atoms with van der Waals surface area (Å²) in [5, 5.41) is 2.26. The molecule has 70 heavy (non-hydrogen) atoms. The van der Waals surface area contributed by atoms with Crippen LogP contribution in [0, 0.1) is 0 Å². The molecule has 6 aromatic carbocycles. The summed E-state index contributed by atoms with van der Waals surface area (Å²) in [6, 6.07) is 65.5. The van der Waals surface area contributed by atoms with Gasteiger partial charge in [-0.2, -0.15) is 0 Å². The molecule has 0 amide bonds. The monoisotopic (exact) mass is 1110 g/mol. The van der Waals surface area contributed by atoms with E-state index in [0.29, 0.717) is 12.8 Å². The zero-order chi connectivity index (χ0) is 50.8. The Bertz CT molecular complexity index is 2110. The van der Waals surface area contributed by atoms with E-state index in [1.165, 1.54) is 31.8 Å². The molecule has 0 N–H and O–H groups in total. The van der Waals surface area contributed by atoms with Crippen LogP contribution in [0.1, 0.15) is 80.1 Å². The molecule has 0 aliphatic rings. The second-order valence-corrected chi connectivity index (χ2v) is 38.6. The molecule has 376 valence electrons. The van der Waals surface area contributed by atoms with E-state index in [1.807, 2.05) is 41.5 Å². The van der Waals surface area contributed by atoms with Gasteiger partial charge in [-0.05, 0) is 0 Å². The number of benzene rings is 6. The van der Waals surface area contributed by atoms with Crippen molar-refractivity contribution in [3.63, 3.8) is 0 Å². The Morgan fingerprint density at radius 2 is 0.600 bits per heavy atom. The van der Waals surface area contributed by atoms with Crippen molar-refractivity contribution in [3.05, 3.63) is 182 Å². The van der Waals surface area contributed by atoms with Crippen LogP contribution < -0.4 is 31.8 Å². The van der Waals surface area contributed by atoms with Gasteiger partial charge in [-0.15, -0.1) is 0 Å². The van der Waals surface area contributed by atoms with Gasteiger partial charge in [-0.3, -0.25) is 0 Å². The first kappa shape index (κ1) is 56.9. The van der Waals surface area contributed by atoms with E-state index < -0.39 is 21.8 Å². The normalized spacial score (nSPS) is 13.3. The number of hydrogen-bond donors (Lipinski definition) is 0. The topological polar surface area (TPSA) is 59.1 Å². The number of esters is 2. The molecule has 0 aliphatic heterocycles. The second kappa shape index (κ2) is 25.6. The molecule has 0 saturated heterocycles. The first-order valence-electron chi connectivity index (χ1n) is 24.9. The molecule has 6 aromatic rings. The number of hydrogen-bond acceptors (Lipinski definition) is 6. The van der Waals surface area contributed by atoms with Crippen molar-refractivity contribution < 1.29 is 19.1 Å². The summed E-state index contributed by atoms with van der Waals surface area (Å²) in [5.41, 5.74) is -0.837. The predicted octanol–water partition coefficient (Wildman–Crippen LogP) is 12.5. The number of unbranched alkanes of at least 4 members (excludes halogenated alkanes) is 2. The fourth-order valence-corrected chi connectivity index (χ4v) is 23.9. The van der Waals surface area contributed by atoms with E-state index in [9.17, 15) is 9.59 Å². The fourth-order valence-electron chi connectivity index (χ4n) is 9.13. The maximum absolute atomic E-state index is 12.0. The van der Waals surface area contributed by atoms with Crippen molar-refractivity contribution in [2.45, 2.75) is 91.3 Å². The van der Waals surface area contributed by atoms with E-state index in [0.717, 1.165) is 64.2 Å². The molecule has 0 spiro atoms. The first-order valence-corrected chi connectivity index (χ1v) is 33.7. The van der Waals surface area contributed by atoms with Gasteiger partial charge in [0.2, 0.25) is 0 Å². The summed E-state index contributed by atoms with van der Waals surface area (Å²) >= 11 is 9.04. The van der Waals surface area contributed by atoms with Gasteiger partial charge in [0.05, 0.1) is 0 Å². The Hall–Kier alpha value is -4.00. The van der Waals surface area contributed by atoms with Crippen LogP contribution in [0.25, 0.3) is 0 Å². The van der Waals surface area contributed by atoms with E-state index in [4.69, 9.17) is 9.47 Å². The molecule has 0 radical (unpaired) electrons. The zero-order valence-corrected chi connectivity index (χ0v) is 47.9. The van der Waals surface area contributed by atoms with Gasteiger partial charge in [0.25, 0.3) is 0 Å². The average molecular weight is 1110 g/mol. The van der Waals surface area contributed by atoms with E-state index in [-0.39, 0.29) is 11.9 Å². The van der Waals surface area contributed by atoms with Gasteiger partial charge in [0.1, 0.15) is 0 Å². The fraction of sp³-hybridized carbons (Fsp3) is 0.367. The molecule has 0 saturated carbocycles. The third-order valence-electron chi connectivity index (χ3n) is 12.8. The predicted molar refractivity (Wildman–Crippen MR) is 312 cm³/mol. The number of halogens is 2. The van der Waals surface area contributed by atoms with E-state index >= 15 is 0 Å². The summed E-state index contributed by atoms with van der Waals surface area (Å²) in [4.78, 5) is 28.9. The Morgan fingerprint density at radius 1 is 0.386 bits per heavy atom. The molecule has 6 rings (SSSR count). The number of carbonyl (C=O) groups is 2. The Balaban J connectivity index is 0.000000261. The molecular formula is C60H78Br2N2O4P2. The number of ether oxygens (including phenoxy) is 2. The molecular weight excluding hydrogens is 1030 g/mol. The van der Waals surface area contributed by atoms with Crippen LogP contribution in [0.2, 0.25) is 0 Å². The van der Waals surface area contributed by atoms with E-state index in [1.54, 1.807) is 0 Å². The summed E-state index contributed by atoms with van der Waals surface area (Å²) in [5.74, 6) is -0.217. The second-order valence-electron chi connectivity index (χ2n) is 20.5. The van der Waals surface area contributed by atoms with E-state index in [2.05, 4.69) is 237 Å². The number of carbonyl (C=O) groups excluding carboxylic acids is 2. The minimum atomic E-state index is -2.90. The Labute approximate surface area is 437 Å². The van der Waals surface area contributed by atoms with Gasteiger partial charge in [-0.25, -0.2) is 0 Å². The summed E-state index contributed by atoms with van der Waals surface area (Å²) in [6.45, 7) is 15.2. The summed E-state index contributed by atoms with van der Waals surface area (Å²) in [6.07, 6.45) is 6.52. The number of nitrogens with zero attached hydrogens (tertiary/aromatic N) is 2. The van der Waals surface area contributed by atoms with Crippen molar-refractivity contribution >= 4 is 85.4 Å². The minimum absolute atomic E-state index is 0.109. The van der Waals surface area contributed by atoms with Crippen LogP contribution in [-0.2, 0) is 19.1 Å². The summed E-state index contributed by atoms with van der Waals surface area (Å²) in [7, 11) is 4.37. The van der Waals surface area contributed by atoms with Crippen molar-refractivity contribution in [1.82, 2.24) is 9.80 Å². The molecule has 0 heterocycles. The SMILES string of the molecule is CN(CCCCC(=O)OC(C)(C)C)CCP(Br)(c1ccccc1)(c1ccccc1)c1ccccc1.CN(CCCCC(=O)OC(C)(C)C)CCP(Br)(c1ccccc1)(c1ccccc1)c1ccccc1. The molecule has 0 atom stereocenters. The van der Waals surface area contributed by atoms with Crippen molar-refractivity contribution in [3.8, 4) is 0 Å². The molecule has 0 aliphatic carbocycles. The molecule has 10 heteroatoms. The van der Waals surface area contributed by atoms with Crippen LogP contribution in [0.15, 0.2) is 182 Å². The molecule has 6 nitrogen and oxygen atoms in total. The molecule has 0 unspecified atom stereocenters. The standard InChI is InChI=1S/2C30H39BrNO2P/c2*1-30(2,3)34-29(33)22-14-15-23-32(4)24-25-35(31,26-16-8-5-9-17-26,27-18-10-6-11-19-27)28-20-12-7-13-21-28/h2*5-13,16-21H,14-15,22-25H2,1-4H3. The molecule has 0 aromatic heterocycles. The number of rotatable bonds is 22. The van der Waals surface area contributed by atoms with Gasteiger partial charge in [0.15, 0.2) is 0 Å². The van der Waals surface area contributed by atoms with Crippen LogP contribution in [0.5, 0.6) is 0 Å². The van der Waals surface area contributed by atoms with Crippen molar-refractivity contribution in [1.29, 1.82) is 0 Å². The quantitative estimate of drug-likeness (QED) is 0.0384. The van der Waals surface area contributed by atoms with Crippen molar-refractivity contribution in [2.24, 2.45) is 0 Å². The third-order valence-corrected chi connectivity index (χ3v) is 32.6. The first-order chi connectivity index (χ1) is 33.3. The van der Waals surface area contributed by atoms with Gasteiger partial charge in [-0.1, -0.05) is 0 Å². The molecule has 0 bridgehead atoms.